The lowest BCUT2D eigenvalue weighted by Crippen LogP contribution is -2.46. The van der Waals surface area contributed by atoms with Crippen LogP contribution in [0.5, 0.6) is 0 Å². The Hall–Kier alpha value is -1.62. The Morgan fingerprint density at radius 3 is 3.00 bits per heavy atom. The summed E-state index contributed by atoms with van der Waals surface area (Å²) in [6, 6.07) is 4.95. The Bertz CT molecular complexity index is 520. The molecule has 0 saturated carbocycles. The van der Waals surface area contributed by atoms with Gasteiger partial charge in [-0.25, -0.2) is 4.39 Å². The number of hydrogen-bond acceptors (Lipinski definition) is 3. The van der Waals surface area contributed by atoms with Gasteiger partial charge in [0.15, 0.2) is 0 Å². The molecule has 2 heterocycles. The predicted octanol–water partition coefficient (Wildman–Crippen LogP) is 1.76. The highest BCUT2D eigenvalue weighted by molar-refractivity contribution is 5.99. The molecule has 2 unspecified atom stereocenters. The number of carbonyl (C=O) groups is 1. The molecule has 4 nitrogen and oxygen atoms in total. The Kier molecular flexibility index (Phi) is 3.61. The summed E-state index contributed by atoms with van der Waals surface area (Å²) in [5.74, 6) is -0.803. The number of fused-ring (bicyclic) bond motifs is 1. The van der Waals surface area contributed by atoms with Gasteiger partial charge in [0.2, 0.25) is 0 Å². The highest BCUT2D eigenvalue weighted by atomic mass is 19.1. The maximum atomic E-state index is 13.4. The van der Waals surface area contributed by atoms with Crippen LogP contribution in [-0.2, 0) is 0 Å². The molecule has 0 aromatic heterocycles. The zero-order valence-corrected chi connectivity index (χ0v) is 11.4. The summed E-state index contributed by atoms with van der Waals surface area (Å²) < 4.78 is 13.4. The van der Waals surface area contributed by atoms with E-state index in [-0.39, 0.29) is 23.2 Å². The van der Waals surface area contributed by atoms with E-state index in [0.29, 0.717) is 6.04 Å². The highest BCUT2D eigenvalue weighted by Gasteiger charge is 2.36. The summed E-state index contributed by atoms with van der Waals surface area (Å²) in [7, 11) is 0. The van der Waals surface area contributed by atoms with Gasteiger partial charge in [-0.15, -0.1) is 0 Å². The van der Waals surface area contributed by atoms with Crippen LogP contribution in [0.2, 0.25) is 0 Å². The molecule has 2 saturated heterocycles. The van der Waals surface area contributed by atoms with Gasteiger partial charge in [-0.3, -0.25) is 9.69 Å². The van der Waals surface area contributed by atoms with Crippen molar-refractivity contribution < 1.29 is 9.18 Å². The number of carbonyl (C=O) groups excluding carboxylic acids is 1. The molecule has 1 aromatic rings. The third-order valence-electron chi connectivity index (χ3n) is 4.47. The van der Waals surface area contributed by atoms with E-state index in [1.165, 1.54) is 25.0 Å². The van der Waals surface area contributed by atoms with E-state index in [1.54, 1.807) is 6.07 Å². The number of amides is 1. The van der Waals surface area contributed by atoms with Crippen molar-refractivity contribution in [2.75, 3.05) is 18.8 Å². The molecule has 0 spiro atoms. The molecule has 108 valence electrons. The lowest BCUT2D eigenvalue weighted by atomic mass is 9.98. The van der Waals surface area contributed by atoms with Crippen molar-refractivity contribution >= 4 is 11.6 Å². The smallest absolute Gasteiger partial charge is 0.253 e. The van der Waals surface area contributed by atoms with Gasteiger partial charge in [0.25, 0.3) is 5.91 Å². The second-order valence-electron chi connectivity index (χ2n) is 5.67. The van der Waals surface area contributed by atoms with Crippen molar-refractivity contribution in [3.8, 4) is 0 Å². The molecule has 0 aliphatic carbocycles. The van der Waals surface area contributed by atoms with Crippen LogP contribution >= 0.6 is 0 Å². The zero-order chi connectivity index (χ0) is 14.1. The third kappa shape index (κ3) is 2.38. The van der Waals surface area contributed by atoms with Crippen LogP contribution in [0, 0.1) is 5.82 Å². The SMILES string of the molecule is Nc1c(F)cccc1C(=O)NC1CCN2CCCCC12. The Labute approximate surface area is 118 Å². The predicted molar refractivity (Wildman–Crippen MR) is 75.9 cm³/mol. The monoisotopic (exact) mass is 277 g/mol. The molecule has 2 aliphatic heterocycles. The summed E-state index contributed by atoms with van der Waals surface area (Å²) in [5, 5.41) is 3.04. The van der Waals surface area contributed by atoms with Gasteiger partial charge in [0.05, 0.1) is 11.3 Å². The molecule has 0 bridgehead atoms. The minimum Gasteiger partial charge on any atom is -0.396 e. The van der Waals surface area contributed by atoms with Gasteiger partial charge in [-0.2, -0.15) is 0 Å². The van der Waals surface area contributed by atoms with E-state index in [9.17, 15) is 9.18 Å². The van der Waals surface area contributed by atoms with Gasteiger partial charge >= 0.3 is 0 Å². The molecule has 0 radical (unpaired) electrons. The van der Waals surface area contributed by atoms with Gasteiger partial charge in [0, 0.05) is 18.6 Å². The first kappa shape index (κ1) is 13.4. The molecule has 3 rings (SSSR count). The number of nitrogens with two attached hydrogens (primary N) is 1. The number of benzene rings is 1. The van der Waals surface area contributed by atoms with Crippen LogP contribution in [0.15, 0.2) is 18.2 Å². The van der Waals surface area contributed by atoms with Crippen LogP contribution in [0.3, 0.4) is 0 Å². The molecule has 20 heavy (non-hydrogen) atoms. The topological polar surface area (TPSA) is 58.4 Å². The second kappa shape index (κ2) is 5.40. The van der Waals surface area contributed by atoms with Gasteiger partial charge in [0.1, 0.15) is 5.82 Å². The van der Waals surface area contributed by atoms with E-state index < -0.39 is 5.82 Å². The standard InChI is InChI=1S/C15H20FN3O/c16-11-5-3-4-10(14(11)17)15(20)18-12-7-9-19-8-2-1-6-13(12)19/h3-5,12-13H,1-2,6-9,17H2,(H,18,20). The van der Waals surface area contributed by atoms with Crippen molar-refractivity contribution in [1.82, 2.24) is 10.2 Å². The Morgan fingerprint density at radius 1 is 1.30 bits per heavy atom. The first-order chi connectivity index (χ1) is 9.66. The zero-order valence-electron chi connectivity index (χ0n) is 11.4. The highest BCUT2D eigenvalue weighted by Crippen LogP contribution is 2.27. The summed E-state index contributed by atoms with van der Waals surface area (Å²) in [5.41, 5.74) is 5.81. The molecule has 2 atom stereocenters. The van der Waals surface area contributed by atoms with Crippen molar-refractivity contribution in [2.45, 2.75) is 37.8 Å². The Balaban J connectivity index is 1.71. The fourth-order valence-electron chi connectivity index (χ4n) is 3.40. The number of rotatable bonds is 2. The lowest BCUT2D eigenvalue weighted by molar-refractivity contribution is 0.0916. The van der Waals surface area contributed by atoms with Crippen LogP contribution in [-0.4, -0.2) is 36.0 Å². The summed E-state index contributed by atoms with van der Waals surface area (Å²) >= 11 is 0. The number of nitrogens with one attached hydrogen (secondary N) is 1. The number of halogens is 1. The third-order valence-corrected chi connectivity index (χ3v) is 4.47. The number of anilines is 1. The first-order valence-corrected chi connectivity index (χ1v) is 7.25. The molecular weight excluding hydrogens is 257 g/mol. The molecule has 3 N–H and O–H groups in total. The van der Waals surface area contributed by atoms with E-state index >= 15 is 0 Å². The fourth-order valence-corrected chi connectivity index (χ4v) is 3.40. The largest absolute Gasteiger partial charge is 0.396 e. The maximum absolute atomic E-state index is 13.4. The number of piperidine rings is 1. The van der Waals surface area contributed by atoms with E-state index in [4.69, 9.17) is 5.73 Å². The average molecular weight is 277 g/mol. The minimum absolute atomic E-state index is 0.0662. The second-order valence-corrected chi connectivity index (χ2v) is 5.67. The molecule has 1 amide bonds. The van der Waals surface area contributed by atoms with Crippen LogP contribution in [0.4, 0.5) is 10.1 Å². The van der Waals surface area contributed by atoms with E-state index in [0.717, 1.165) is 25.9 Å². The fraction of sp³-hybridized carbons (Fsp3) is 0.533. The van der Waals surface area contributed by atoms with Crippen LogP contribution in [0.1, 0.15) is 36.0 Å². The first-order valence-electron chi connectivity index (χ1n) is 7.25. The molecule has 2 fully saturated rings. The van der Waals surface area contributed by atoms with Gasteiger partial charge in [-0.1, -0.05) is 12.5 Å². The van der Waals surface area contributed by atoms with Crippen molar-refractivity contribution in [3.63, 3.8) is 0 Å². The molecular formula is C15H20FN3O. The van der Waals surface area contributed by atoms with Crippen molar-refractivity contribution in [3.05, 3.63) is 29.6 Å². The van der Waals surface area contributed by atoms with Crippen LogP contribution in [0.25, 0.3) is 0 Å². The van der Waals surface area contributed by atoms with E-state index in [1.807, 2.05) is 0 Å². The summed E-state index contributed by atoms with van der Waals surface area (Å²) in [6.45, 7) is 2.16. The lowest BCUT2D eigenvalue weighted by Gasteiger charge is -2.32. The van der Waals surface area contributed by atoms with Crippen molar-refractivity contribution in [1.29, 1.82) is 0 Å². The summed E-state index contributed by atoms with van der Waals surface area (Å²) in [4.78, 5) is 14.7. The minimum atomic E-state index is -0.539. The van der Waals surface area contributed by atoms with Gasteiger partial charge < -0.3 is 11.1 Å². The van der Waals surface area contributed by atoms with Crippen LogP contribution < -0.4 is 11.1 Å². The normalized spacial score (nSPS) is 26.2. The number of nitrogens with zero attached hydrogens (tertiary/aromatic N) is 1. The quantitative estimate of drug-likeness (QED) is 0.810. The molecule has 1 aromatic carbocycles. The summed E-state index contributed by atoms with van der Waals surface area (Å²) in [6.07, 6.45) is 4.55. The van der Waals surface area contributed by atoms with E-state index in [2.05, 4.69) is 10.2 Å². The number of hydrogen-bond donors (Lipinski definition) is 2. The number of para-hydroxylation sites is 1. The van der Waals surface area contributed by atoms with Crippen molar-refractivity contribution in [2.24, 2.45) is 0 Å². The molecule has 5 heteroatoms. The molecule has 2 aliphatic rings. The Morgan fingerprint density at radius 2 is 2.15 bits per heavy atom. The van der Waals surface area contributed by atoms with Gasteiger partial charge in [-0.05, 0) is 37.9 Å². The maximum Gasteiger partial charge on any atom is 0.253 e. The number of nitrogen functional groups attached to an aromatic ring is 1. The average Bonchev–Trinajstić information content (AvgIpc) is 2.85.